The lowest BCUT2D eigenvalue weighted by molar-refractivity contribution is 0.414. The minimum absolute atomic E-state index is 0.834. The normalized spacial score (nSPS) is 10.7. The lowest BCUT2D eigenvalue weighted by atomic mass is 10.1. The van der Waals surface area contributed by atoms with Crippen LogP contribution < -0.4 is 4.74 Å². The number of furan rings is 1. The second-order valence-corrected chi connectivity index (χ2v) is 3.15. The summed E-state index contributed by atoms with van der Waals surface area (Å²) in [5.74, 6) is 1.81. The molecule has 1 heterocycles. The van der Waals surface area contributed by atoms with Gasteiger partial charge in [-0.25, -0.2) is 0 Å². The number of methoxy groups -OCH3 is 1. The van der Waals surface area contributed by atoms with Gasteiger partial charge >= 0.3 is 0 Å². The molecule has 2 rings (SSSR count). The summed E-state index contributed by atoms with van der Waals surface area (Å²) in [4.78, 5) is 0. The third-order valence-electron chi connectivity index (χ3n) is 2.38. The van der Waals surface area contributed by atoms with E-state index >= 15 is 0 Å². The first-order chi connectivity index (χ1) is 6.22. The van der Waals surface area contributed by atoms with Crippen LogP contribution in [0.3, 0.4) is 0 Å². The minimum Gasteiger partial charge on any atom is -0.497 e. The lowest BCUT2D eigenvalue weighted by Crippen LogP contribution is -1.80. The molecule has 1 aromatic carbocycles. The van der Waals surface area contributed by atoms with Gasteiger partial charge in [-0.2, -0.15) is 0 Å². The molecule has 0 saturated carbocycles. The van der Waals surface area contributed by atoms with E-state index in [1.807, 2.05) is 25.1 Å². The maximum Gasteiger partial charge on any atom is 0.138 e. The topological polar surface area (TPSA) is 22.4 Å². The molecule has 0 aliphatic carbocycles. The molecule has 0 saturated heterocycles. The van der Waals surface area contributed by atoms with Crippen molar-refractivity contribution in [3.63, 3.8) is 0 Å². The fourth-order valence-corrected chi connectivity index (χ4v) is 1.46. The molecule has 0 fully saturated rings. The van der Waals surface area contributed by atoms with Gasteiger partial charge in [0.25, 0.3) is 0 Å². The summed E-state index contributed by atoms with van der Waals surface area (Å²) in [5.41, 5.74) is 2.10. The highest BCUT2D eigenvalue weighted by molar-refractivity contribution is 5.83. The zero-order valence-electron chi connectivity index (χ0n) is 8.05. The second kappa shape index (κ2) is 2.80. The Kier molecular flexibility index (Phi) is 1.76. The Hall–Kier alpha value is -1.44. The van der Waals surface area contributed by atoms with Gasteiger partial charge in [0.15, 0.2) is 0 Å². The van der Waals surface area contributed by atoms with E-state index in [1.165, 1.54) is 10.9 Å². The molecule has 13 heavy (non-hydrogen) atoms. The van der Waals surface area contributed by atoms with Gasteiger partial charge in [-0.1, -0.05) is 0 Å². The predicted octanol–water partition coefficient (Wildman–Crippen LogP) is 3.06. The van der Waals surface area contributed by atoms with Crippen molar-refractivity contribution in [1.29, 1.82) is 0 Å². The molecule has 0 aliphatic rings. The molecule has 2 nitrogen and oxygen atoms in total. The monoisotopic (exact) mass is 176 g/mol. The molecule has 0 unspecified atom stereocenters. The number of benzene rings is 1. The van der Waals surface area contributed by atoms with E-state index in [9.17, 15) is 0 Å². The molecule has 0 spiro atoms. The van der Waals surface area contributed by atoms with Crippen molar-refractivity contribution in [1.82, 2.24) is 0 Å². The zero-order chi connectivity index (χ0) is 9.42. The average molecular weight is 176 g/mol. The van der Waals surface area contributed by atoms with Crippen molar-refractivity contribution in [2.24, 2.45) is 0 Å². The van der Waals surface area contributed by atoms with E-state index in [4.69, 9.17) is 9.15 Å². The third-order valence-corrected chi connectivity index (χ3v) is 2.38. The van der Waals surface area contributed by atoms with E-state index in [1.54, 1.807) is 7.11 Å². The first-order valence-corrected chi connectivity index (χ1v) is 4.26. The van der Waals surface area contributed by atoms with Crippen LogP contribution in [-0.2, 0) is 0 Å². The molecule has 68 valence electrons. The summed E-state index contributed by atoms with van der Waals surface area (Å²) in [6.07, 6.45) is 0. The van der Waals surface area contributed by atoms with E-state index in [2.05, 4.69) is 6.92 Å². The van der Waals surface area contributed by atoms with Crippen molar-refractivity contribution in [2.75, 3.05) is 7.11 Å². The Morgan fingerprint density at radius 1 is 1.23 bits per heavy atom. The average Bonchev–Trinajstić information content (AvgIpc) is 2.42. The summed E-state index contributed by atoms with van der Waals surface area (Å²) in [6, 6.07) is 5.89. The second-order valence-electron chi connectivity index (χ2n) is 3.15. The van der Waals surface area contributed by atoms with Gasteiger partial charge in [-0.3, -0.25) is 0 Å². The highest BCUT2D eigenvalue weighted by atomic mass is 16.5. The van der Waals surface area contributed by atoms with E-state index < -0.39 is 0 Å². The number of hydrogen-bond acceptors (Lipinski definition) is 2. The Morgan fingerprint density at radius 3 is 2.69 bits per heavy atom. The first kappa shape index (κ1) is 8.17. The van der Waals surface area contributed by atoms with Crippen molar-refractivity contribution in [2.45, 2.75) is 13.8 Å². The molecule has 1 aromatic heterocycles. The predicted molar refractivity (Wildman–Crippen MR) is 52.2 cm³/mol. The molecule has 2 aromatic rings. The third kappa shape index (κ3) is 1.18. The molecule has 0 bridgehead atoms. The number of ether oxygens (including phenoxy) is 1. The quantitative estimate of drug-likeness (QED) is 0.666. The van der Waals surface area contributed by atoms with Crippen LogP contribution >= 0.6 is 0 Å². The summed E-state index contributed by atoms with van der Waals surface area (Å²) >= 11 is 0. The van der Waals surface area contributed by atoms with E-state index in [0.717, 1.165) is 17.1 Å². The number of fused-ring (bicyclic) bond motifs is 1. The van der Waals surface area contributed by atoms with Gasteiger partial charge in [0.1, 0.15) is 17.1 Å². The van der Waals surface area contributed by atoms with Gasteiger partial charge in [0.2, 0.25) is 0 Å². The van der Waals surface area contributed by atoms with E-state index in [0.29, 0.717) is 0 Å². The van der Waals surface area contributed by atoms with Gasteiger partial charge in [-0.15, -0.1) is 0 Å². The van der Waals surface area contributed by atoms with Crippen molar-refractivity contribution >= 4 is 11.0 Å². The standard InChI is InChI=1S/C11H12O2/c1-7-8(2)13-11-6-9(12-3)4-5-10(7)11/h4-6H,1-3H3. The Morgan fingerprint density at radius 2 is 2.00 bits per heavy atom. The fourth-order valence-electron chi connectivity index (χ4n) is 1.46. The molecular formula is C11H12O2. The molecule has 0 aliphatic heterocycles. The summed E-state index contributed by atoms with van der Waals surface area (Å²) in [5, 5.41) is 1.17. The van der Waals surface area contributed by atoms with Crippen molar-refractivity contribution in [3.05, 3.63) is 29.5 Å². The Bertz CT molecular complexity index is 441. The van der Waals surface area contributed by atoms with Crippen LogP contribution in [0.15, 0.2) is 22.6 Å². The van der Waals surface area contributed by atoms with Crippen LogP contribution in [0.1, 0.15) is 11.3 Å². The molecule has 0 amide bonds. The largest absolute Gasteiger partial charge is 0.497 e. The Labute approximate surface area is 77.1 Å². The van der Waals surface area contributed by atoms with E-state index in [-0.39, 0.29) is 0 Å². The van der Waals surface area contributed by atoms with Crippen LogP contribution in [0.2, 0.25) is 0 Å². The highest BCUT2D eigenvalue weighted by Gasteiger charge is 2.06. The Balaban J connectivity index is 2.73. The van der Waals surface area contributed by atoms with Gasteiger partial charge in [0, 0.05) is 11.5 Å². The smallest absolute Gasteiger partial charge is 0.138 e. The highest BCUT2D eigenvalue weighted by Crippen LogP contribution is 2.27. The van der Waals surface area contributed by atoms with Gasteiger partial charge in [-0.05, 0) is 31.5 Å². The summed E-state index contributed by atoms with van der Waals surface area (Å²) in [7, 11) is 1.66. The molecule has 0 radical (unpaired) electrons. The number of rotatable bonds is 1. The first-order valence-electron chi connectivity index (χ1n) is 4.26. The maximum atomic E-state index is 5.56. The molecular weight excluding hydrogens is 164 g/mol. The van der Waals surface area contributed by atoms with Crippen LogP contribution in [0, 0.1) is 13.8 Å². The SMILES string of the molecule is COc1ccc2c(C)c(C)oc2c1. The summed E-state index contributed by atoms with van der Waals surface area (Å²) < 4.78 is 10.7. The number of aryl methyl sites for hydroxylation is 2. The van der Waals surface area contributed by atoms with Gasteiger partial charge < -0.3 is 9.15 Å². The van der Waals surface area contributed by atoms with Crippen molar-refractivity contribution in [3.8, 4) is 5.75 Å². The fraction of sp³-hybridized carbons (Fsp3) is 0.273. The maximum absolute atomic E-state index is 5.56. The van der Waals surface area contributed by atoms with Gasteiger partial charge in [0.05, 0.1) is 7.11 Å². The minimum atomic E-state index is 0.834. The van der Waals surface area contributed by atoms with Crippen molar-refractivity contribution < 1.29 is 9.15 Å². The van der Waals surface area contributed by atoms with Crippen LogP contribution in [0.5, 0.6) is 5.75 Å². The van der Waals surface area contributed by atoms with Crippen LogP contribution in [0.4, 0.5) is 0 Å². The molecule has 2 heteroatoms. The zero-order valence-corrected chi connectivity index (χ0v) is 8.05. The number of hydrogen-bond donors (Lipinski definition) is 0. The van der Waals surface area contributed by atoms with Crippen LogP contribution in [-0.4, -0.2) is 7.11 Å². The lowest BCUT2D eigenvalue weighted by Gasteiger charge is -1.97. The van der Waals surface area contributed by atoms with Crippen LogP contribution in [0.25, 0.3) is 11.0 Å². The molecule has 0 N–H and O–H groups in total. The summed E-state index contributed by atoms with van der Waals surface area (Å²) in [6.45, 7) is 4.04. The molecule has 0 atom stereocenters.